The number of anilines is 1. The van der Waals surface area contributed by atoms with Crippen molar-refractivity contribution in [2.45, 2.75) is 46.5 Å². The Morgan fingerprint density at radius 1 is 0.935 bits per heavy atom. The lowest BCUT2D eigenvalue weighted by atomic mass is 9.96. The van der Waals surface area contributed by atoms with Gasteiger partial charge in [0.2, 0.25) is 11.3 Å². The van der Waals surface area contributed by atoms with E-state index in [9.17, 15) is 23.2 Å². The van der Waals surface area contributed by atoms with E-state index >= 15 is 0 Å². The first-order valence-corrected chi connectivity index (χ1v) is 14.8. The first-order valence-electron chi connectivity index (χ1n) is 14.8. The number of rotatable bonds is 10. The predicted octanol–water partition coefficient (Wildman–Crippen LogP) is 6.55. The first-order chi connectivity index (χ1) is 22.0. The van der Waals surface area contributed by atoms with Gasteiger partial charge in [-0.3, -0.25) is 19.5 Å². The molecule has 0 atom stereocenters. The van der Waals surface area contributed by atoms with Crippen LogP contribution < -0.4 is 10.7 Å². The van der Waals surface area contributed by atoms with Gasteiger partial charge in [-0.05, 0) is 62.4 Å². The highest BCUT2D eigenvalue weighted by Gasteiger charge is 2.24. The van der Waals surface area contributed by atoms with Crippen LogP contribution in [0.15, 0.2) is 90.0 Å². The summed E-state index contributed by atoms with van der Waals surface area (Å²) in [6, 6.07) is 20.4. The fraction of sp³-hybridized carbons (Fsp3) is 0.222. The van der Waals surface area contributed by atoms with Crippen molar-refractivity contribution < 1.29 is 23.1 Å². The maximum absolute atomic E-state index is 14.9. The molecule has 2 heterocycles. The van der Waals surface area contributed by atoms with Crippen LogP contribution in [0.1, 0.15) is 47.8 Å². The third kappa shape index (κ3) is 7.18. The molecule has 0 bridgehead atoms. The minimum atomic E-state index is -0.837. The quantitative estimate of drug-likeness (QED) is 0.177. The van der Waals surface area contributed by atoms with Crippen LogP contribution in [-0.4, -0.2) is 39.5 Å². The molecular weight excluding hydrogens is 590 g/mol. The number of ether oxygens (including phenoxy) is 1. The molecular formula is C36H34F2N4O4. The summed E-state index contributed by atoms with van der Waals surface area (Å²) in [5.74, 6) is -2.57. The molecule has 2 aromatic heterocycles. The molecule has 5 aromatic rings. The Morgan fingerprint density at radius 2 is 1.65 bits per heavy atom. The third-order valence-electron chi connectivity index (χ3n) is 7.39. The summed E-state index contributed by atoms with van der Waals surface area (Å²) in [5.41, 5.74) is 2.64. The van der Waals surface area contributed by atoms with E-state index in [1.165, 1.54) is 30.0 Å². The molecule has 8 nitrogen and oxygen atoms in total. The van der Waals surface area contributed by atoms with Crippen LogP contribution in [0.25, 0.3) is 22.2 Å². The molecule has 0 saturated carbocycles. The number of carbonyl (C=O) groups excluding carboxylic acids is 2. The molecule has 0 saturated heterocycles. The van der Waals surface area contributed by atoms with Crippen molar-refractivity contribution in [2.75, 3.05) is 12.4 Å². The topological polar surface area (TPSA) is 93.5 Å². The predicted molar refractivity (Wildman–Crippen MR) is 173 cm³/mol. The summed E-state index contributed by atoms with van der Waals surface area (Å²) in [5, 5.41) is 2.90. The van der Waals surface area contributed by atoms with Gasteiger partial charge < -0.3 is 14.6 Å². The van der Waals surface area contributed by atoms with Gasteiger partial charge in [0.15, 0.2) is 0 Å². The SMILES string of the molecule is CC(=O)Nc1ccc(-c2ccc3c(c2CN(C)Cc2ccccc2)c(=O)c(C(=O)OC(C)C)cn3Cc2c(F)cccc2F)nc1. The van der Waals surface area contributed by atoms with Gasteiger partial charge in [-0.25, -0.2) is 13.6 Å². The lowest BCUT2D eigenvalue weighted by Gasteiger charge is -2.22. The Morgan fingerprint density at radius 3 is 2.28 bits per heavy atom. The van der Waals surface area contributed by atoms with Crippen molar-refractivity contribution in [3.63, 3.8) is 0 Å². The van der Waals surface area contributed by atoms with E-state index in [1.54, 1.807) is 38.1 Å². The number of nitrogens with zero attached hydrogens (tertiary/aromatic N) is 3. The van der Waals surface area contributed by atoms with E-state index in [2.05, 4.69) is 10.3 Å². The van der Waals surface area contributed by atoms with Gasteiger partial charge in [0, 0.05) is 37.3 Å². The van der Waals surface area contributed by atoms with E-state index < -0.39 is 29.1 Å². The molecule has 0 aliphatic heterocycles. The van der Waals surface area contributed by atoms with Crippen molar-refractivity contribution in [3.8, 4) is 11.3 Å². The third-order valence-corrected chi connectivity index (χ3v) is 7.39. The molecule has 46 heavy (non-hydrogen) atoms. The lowest BCUT2D eigenvalue weighted by molar-refractivity contribution is -0.114. The van der Waals surface area contributed by atoms with Crippen molar-refractivity contribution >= 4 is 28.5 Å². The number of halogens is 2. The zero-order valence-corrected chi connectivity index (χ0v) is 26.0. The van der Waals surface area contributed by atoms with E-state index in [1.807, 2.05) is 42.3 Å². The molecule has 1 N–H and O–H groups in total. The Kier molecular flexibility index (Phi) is 9.67. The molecule has 0 spiro atoms. The number of fused-ring (bicyclic) bond motifs is 1. The number of esters is 1. The highest BCUT2D eigenvalue weighted by Crippen LogP contribution is 2.31. The highest BCUT2D eigenvalue weighted by atomic mass is 19.1. The Labute approximate surface area is 265 Å². The molecule has 1 amide bonds. The molecule has 0 aliphatic rings. The van der Waals surface area contributed by atoms with Crippen LogP contribution >= 0.6 is 0 Å². The monoisotopic (exact) mass is 624 g/mol. The second-order valence-electron chi connectivity index (χ2n) is 11.4. The largest absolute Gasteiger partial charge is 0.459 e. The van der Waals surface area contributed by atoms with Gasteiger partial charge in [0.25, 0.3) is 0 Å². The summed E-state index contributed by atoms with van der Waals surface area (Å²) in [6.07, 6.45) is 2.32. The van der Waals surface area contributed by atoms with Gasteiger partial charge in [-0.2, -0.15) is 0 Å². The van der Waals surface area contributed by atoms with Crippen LogP contribution in [0.5, 0.6) is 0 Å². The van der Waals surface area contributed by atoms with Crippen LogP contribution in [0.4, 0.5) is 14.5 Å². The fourth-order valence-corrected chi connectivity index (χ4v) is 5.41. The standard InChI is InChI=1S/C36H34F2N4O4/c1-22(2)46-36(45)29-21-42(20-28-30(37)11-8-12-31(28)38)33-16-14-26(32-15-13-25(17-39-32)40-23(3)43)27(34(33)35(29)44)19-41(4)18-24-9-6-5-7-10-24/h5-17,21-22H,18-20H2,1-4H3,(H,40,43). The summed E-state index contributed by atoms with van der Waals surface area (Å²) in [7, 11) is 1.91. The molecule has 10 heteroatoms. The molecule has 0 fully saturated rings. The van der Waals surface area contributed by atoms with Crippen molar-refractivity contribution in [1.29, 1.82) is 0 Å². The van der Waals surface area contributed by atoms with Crippen molar-refractivity contribution in [2.24, 2.45) is 0 Å². The summed E-state index contributed by atoms with van der Waals surface area (Å²) in [6.45, 7) is 5.28. The van der Waals surface area contributed by atoms with Crippen LogP contribution in [-0.2, 0) is 29.2 Å². The number of pyridine rings is 2. The molecule has 5 rings (SSSR count). The van der Waals surface area contributed by atoms with E-state index in [-0.39, 0.29) is 35.5 Å². The zero-order valence-electron chi connectivity index (χ0n) is 26.0. The molecule has 236 valence electrons. The van der Waals surface area contributed by atoms with E-state index in [0.29, 0.717) is 34.6 Å². The average molecular weight is 625 g/mol. The van der Waals surface area contributed by atoms with Crippen molar-refractivity contribution in [3.05, 3.63) is 129 Å². The smallest absolute Gasteiger partial charge is 0.343 e. The average Bonchev–Trinajstić information content (AvgIpc) is 3.00. The lowest BCUT2D eigenvalue weighted by Crippen LogP contribution is -2.26. The second-order valence-corrected chi connectivity index (χ2v) is 11.4. The van der Waals surface area contributed by atoms with Gasteiger partial charge >= 0.3 is 5.97 Å². The van der Waals surface area contributed by atoms with Crippen molar-refractivity contribution in [1.82, 2.24) is 14.5 Å². The Bertz CT molecular complexity index is 1940. The Hall–Kier alpha value is -5.22. The minimum Gasteiger partial charge on any atom is -0.459 e. The molecule has 0 radical (unpaired) electrons. The minimum absolute atomic E-state index is 0.208. The van der Waals surface area contributed by atoms with Crippen LogP contribution in [0.3, 0.4) is 0 Å². The summed E-state index contributed by atoms with van der Waals surface area (Å²) in [4.78, 5) is 45.7. The number of nitrogens with one attached hydrogen (secondary N) is 1. The molecule has 3 aromatic carbocycles. The van der Waals surface area contributed by atoms with Gasteiger partial charge in [0.05, 0.1) is 41.1 Å². The number of amides is 1. The van der Waals surface area contributed by atoms with E-state index in [0.717, 1.165) is 17.7 Å². The number of carbonyl (C=O) groups is 2. The molecule has 0 aliphatic carbocycles. The Balaban J connectivity index is 1.75. The first kappa shape index (κ1) is 32.2. The second kappa shape index (κ2) is 13.8. The normalized spacial score (nSPS) is 11.3. The van der Waals surface area contributed by atoms with Crippen LogP contribution in [0.2, 0.25) is 0 Å². The van der Waals surface area contributed by atoms with Crippen LogP contribution in [0, 0.1) is 11.6 Å². The summed E-state index contributed by atoms with van der Waals surface area (Å²) < 4.78 is 36.6. The number of benzene rings is 3. The maximum atomic E-state index is 14.9. The number of hydrogen-bond donors (Lipinski definition) is 1. The highest BCUT2D eigenvalue weighted by molar-refractivity contribution is 5.97. The maximum Gasteiger partial charge on any atom is 0.343 e. The van der Waals surface area contributed by atoms with Gasteiger partial charge in [0.1, 0.15) is 17.2 Å². The van der Waals surface area contributed by atoms with Gasteiger partial charge in [-0.15, -0.1) is 0 Å². The van der Waals surface area contributed by atoms with Gasteiger partial charge in [-0.1, -0.05) is 42.5 Å². The number of aromatic nitrogens is 2. The zero-order chi connectivity index (χ0) is 33.0. The fourth-order valence-electron chi connectivity index (χ4n) is 5.41. The summed E-state index contributed by atoms with van der Waals surface area (Å²) >= 11 is 0. The molecule has 0 unspecified atom stereocenters. The van der Waals surface area contributed by atoms with E-state index in [4.69, 9.17) is 4.74 Å². The number of hydrogen-bond acceptors (Lipinski definition) is 6.